The van der Waals surface area contributed by atoms with Gasteiger partial charge in [-0.1, -0.05) is 37.4 Å². The third-order valence-corrected chi connectivity index (χ3v) is 3.93. The van der Waals surface area contributed by atoms with E-state index in [0.29, 0.717) is 0 Å². The molecule has 66 valence electrons. The molecule has 0 fully saturated rings. The maximum Gasteiger partial charge on any atom is 0.0701 e. The highest BCUT2D eigenvalue weighted by Crippen LogP contribution is 2.08. The fourth-order valence-electron chi connectivity index (χ4n) is 1.40. The SMILES string of the molecule is C[SiH](C)c1cnc2ccccc2c1. The molecule has 2 rings (SSSR count). The van der Waals surface area contributed by atoms with Crippen molar-refractivity contribution in [2.75, 3.05) is 0 Å². The largest absolute Gasteiger partial charge is 0.256 e. The topological polar surface area (TPSA) is 12.9 Å². The van der Waals surface area contributed by atoms with Gasteiger partial charge in [0, 0.05) is 11.6 Å². The molecule has 0 spiro atoms. The molecule has 0 saturated carbocycles. The number of fused-ring (bicyclic) bond motifs is 1. The maximum atomic E-state index is 4.44. The second kappa shape index (κ2) is 3.30. The van der Waals surface area contributed by atoms with Crippen LogP contribution in [-0.4, -0.2) is 13.8 Å². The lowest BCUT2D eigenvalue weighted by molar-refractivity contribution is 1.43. The minimum Gasteiger partial charge on any atom is -0.256 e. The first-order valence-corrected chi connectivity index (χ1v) is 7.51. The minimum absolute atomic E-state index is 0.699. The van der Waals surface area contributed by atoms with Crippen molar-refractivity contribution >= 4 is 24.9 Å². The first-order chi connectivity index (χ1) is 6.27. The Hall–Kier alpha value is -1.15. The van der Waals surface area contributed by atoms with Gasteiger partial charge in [0.2, 0.25) is 0 Å². The van der Waals surface area contributed by atoms with Gasteiger partial charge in [-0.15, -0.1) is 0 Å². The van der Waals surface area contributed by atoms with Gasteiger partial charge in [-0.3, -0.25) is 4.98 Å². The molecule has 1 aromatic carbocycles. The Balaban J connectivity index is 2.62. The molecule has 0 radical (unpaired) electrons. The number of aromatic nitrogens is 1. The molecule has 1 heterocycles. The standard InChI is InChI=1S/C11H13NSi/c1-13(2)10-7-9-5-3-4-6-11(9)12-8-10/h3-8,13H,1-2H3. The van der Waals surface area contributed by atoms with E-state index in [-0.39, 0.29) is 0 Å². The van der Waals surface area contributed by atoms with Crippen molar-refractivity contribution in [3.63, 3.8) is 0 Å². The lowest BCUT2D eigenvalue weighted by Crippen LogP contribution is -2.22. The summed E-state index contributed by atoms with van der Waals surface area (Å²) in [7, 11) is -0.699. The summed E-state index contributed by atoms with van der Waals surface area (Å²) in [5, 5.41) is 2.71. The third kappa shape index (κ3) is 1.63. The summed E-state index contributed by atoms with van der Waals surface area (Å²) >= 11 is 0. The van der Waals surface area contributed by atoms with Crippen molar-refractivity contribution in [2.45, 2.75) is 13.1 Å². The van der Waals surface area contributed by atoms with Crippen molar-refractivity contribution in [3.8, 4) is 0 Å². The summed E-state index contributed by atoms with van der Waals surface area (Å²) in [4.78, 5) is 4.44. The number of benzene rings is 1. The second-order valence-electron chi connectivity index (χ2n) is 3.62. The lowest BCUT2D eigenvalue weighted by atomic mass is 10.2. The zero-order chi connectivity index (χ0) is 9.26. The lowest BCUT2D eigenvalue weighted by Gasteiger charge is -2.04. The van der Waals surface area contributed by atoms with Crippen LogP contribution in [0, 0.1) is 0 Å². The van der Waals surface area contributed by atoms with Crippen LogP contribution in [0.4, 0.5) is 0 Å². The number of nitrogens with zero attached hydrogens (tertiary/aromatic N) is 1. The molecule has 0 aliphatic rings. The Morgan fingerprint density at radius 2 is 1.92 bits per heavy atom. The van der Waals surface area contributed by atoms with E-state index in [0.717, 1.165) is 5.52 Å². The Morgan fingerprint density at radius 3 is 2.69 bits per heavy atom. The number of pyridine rings is 1. The van der Waals surface area contributed by atoms with E-state index in [1.54, 1.807) is 0 Å². The third-order valence-electron chi connectivity index (χ3n) is 2.28. The smallest absolute Gasteiger partial charge is 0.0701 e. The molecule has 0 N–H and O–H groups in total. The minimum atomic E-state index is -0.699. The van der Waals surface area contributed by atoms with Crippen LogP contribution < -0.4 is 5.19 Å². The summed E-state index contributed by atoms with van der Waals surface area (Å²) in [6, 6.07) is 10.6. The van der Waals surface area contributed by atoms with Gasteiger partial charge in [-0.05, 0) is 11.3 Å². The predicted molar refractivity (Wildman–Crippen MR) is 60.3 cm³/mol. The van der Waals surface area contributed by atoms with Gasteiger partial charge in [-0.25, -0.2) is 0 Å². The van der Waals surface area contributed by atoms with Crippen LogP contribution in [0.15, 0.2) is 36.5 Å². The molecular weight excluding hydrogens is 174 g/mol. The van der Waals surface area contributed by atoms with Crippen molar-refractivity contribution in [2.24, 2.45) is 0 Å². The number of hydrogen-bond acceptors (Lipinski definition) is 1. The van der Waals surface area contributed by atoms with Gasteiger partial charge >= 0.3 is 0 Å². The first kappa shape index (κ1) is 8.45. The molecule has 13 heavy (non-hydrogen) atoms. The van der Waals surface area contributed by atoms with E-state index in [1.165, 1.54) is 10.6 Å². The summed E-state index contributed by atoms with van der Waals surface area (Å²) in [5.74, 6) is 0. The van der Waals surface area contributed by atoms with Crippen molar-refractivity contribution in [1.82, 2.24) is 4.98 Å². The first-order valence-electron chi connectivity index (χ1n) is 4.62. The molecule has 0 bridgehead atoms. The molecule has 2 heteroatoms. The Labute approximate surface area is 80.0 Å². The molecule has 1 nitrogen and oxygen atoms in total. The van der Waals surface area contributed by atoms with E-state index in [4.69, 9.17) is 0 Å². The number of para-hydroxylation sites is 1. The highest BCUT2D eigenvalue weighted by molar-refractivity contribution is 6.70. The summed E-state index contributed by atoms with van der Waals surface area (Å²) < 4.78 is 0. The van der Waals surface area contributed by atoms with Gasteiger partial charge in [0.25, 0.3) is 0 Å². The monoisotopic (exact) mass is 187 g/mol. The van der Waals surface area contributed by atoms with Gasteiger partial charge in [0.1, 0.15) is 0 Å². The van der Waals surface area contributed by atoms with Crippen LogP contribution in [-0.2, 0) is 0 Å². The molecule has 0 aliphatic heterocycles. The fourth-order valence-corrected chi connectivity index (χ4v) is 2.29. The quantitative estimate of drug-likeness (QED) is 0.622. The summed E-state index contributed by atoms with van der Waals surface area (Å²) in [5.41, 5.74) is 1.10. The Morgan fingerprint density at radius 1 is 1.15 bits per heavy atom. The fraction of sp³-hybridized carbons (Fsp3) is 0.182. The molecule has 0 aliphatic carbocycles. The van der Waals surface area contributed by atoms with Gasteiger partial charge in [0.15, 0.2) is 0 Å². The number of rotatable bonds is 1. The summed E-state index contributed by atoms with van der Waals surface area (Å²) in [6.07, 6.45) is 2.03. The van der Waals surface area contributed by atoms with E-state index in [2.05, 4.69) is 42.3 Å². The van der Waals surface area contributed by atoms with E-state index < -0.39 is 8.80 Å². The molecule has 0 atom stereocenters. The van der Waals surface area contributed by atoms with Crippen LogP contribution in [0.5, 0.6) is 0 Å². The average molecular weight is 187 g/mol. The Kier molecular flexibility index (Phi) is 2.15. The predicted octanol–water partition coefficient (Wildman–Crippen LogP) is 1.93. The van der Waals surface area contributed by atoms with E-state index >= 15 is 0 Å². The maximum absolute atomic E-state index is 4.44. The normalized spacial score (nSPS) is 11.0. The highest BCUT2D eigenvalue weighted by atomic mass is 28.3. The van der Waals surface area contributed by atoms with Gasteiger partial charge in [-0.2, -0.15) is 0 Å². The van der Waals surface area contributed by atoms with Crippen LogP contribution >= 0.6 is 0 Å². The molecular formula is C11H13NSi. The highest BCUT2D eigenvalue weighted by Gasteiger charge is 2.01. The second-order valence-corrected chi connectivity index (χ2v) is 6.59. The molecule has 0 unspecified atom stereocenters. The molecule has 2 aromatic rings. The Bertz CT molecular complexity index is 423. The van der Waals surface area contributed by atoms with E-state index in [1.807, 2.05) is 12.3 Å². The summed E-state index contributed by atoms with van der Waals surface area (Å²) in [6.45, 7) is 4.65. The van der Waals surface area contributed by atoms with Gasteiger partial charge in [0.05, 0.1) is 14.3 Å². The van der Waals surface area contributed by atoms with E-state index in [9.17, 15) is 0 Å². The van der Waals surface area contributed by atoms with Crippen LogP contribution in [0.1, 0.15) is 0 Å². The van der Waals surface area contributed by atoms with Gasteiger partial charge < -0.3 is 0 Å². The molecule has 1 aromatic heterocycles. The molecule has 0 saturated heterocycles. The average Bonchev–Trinajstić information content (AvgIpc) is 2.17. The van der Waals surface area contributed by atoms with Crippen LogP contribution in [0.25, 0.3) is 10.9 Å². The van der Waals surface area contributed by atoms with Crippen LogP contribution in [0.2, 0.25) is 13.1 Å². The molecule has 0 amide bonds. The van der Waals surface area contributed by atoms with Crippen molar-refractivity contribution in [3.05, 3.63) is 36.5 Å². The zero-order valence-electron chi connectivity index (χ0n) is 7.99. The van der Waals surface area contributed by atoms with Crippen LogP contribution in [0.3, 0.4) is 0 Å². The zero-order valence-corrected chi connectivity index (χ0v) is 9.14. The number of hydrogen-bond donors (Lipinski definition) is 0. The van der Waals surface area contributed by atoms with Crippen molar-refractivity contribution < 1.29 is 0 Å². The van der Waals surface area contributed by atoms with Crippen molar-refractivity contribution in [1.29, 1.82) is 0 Å².